The van der Waals surface area contributed by atoms with Gasteiger partial charge in [-0.2, -0.15) is 5.26 Å². The first-order valence-corrected chi connectivity index (χ1v) is 14.5. The van der Waals surface area contributed by atoms with Crippen LogP contribution in [0.3, 0.4) is 0 Å². The Morgan fingerprint density at radius 1 is 1.14 bits per heavy atom. The number of tetrazole rings is 1. The molecule has 11 heteroatoms. The van der Waals surface area contributed by atoms with E-state index in [9.17, 15) is 19.2 Å². The second-order valence-electron chi connectivity index (χ2n) is 12.7. The molecule has 2 heterocycles. The number of aromatic nitrogens is 4. The number of halogens is 1. The Morgan fingerprint density at radius 2 is 1.88 bits per heavy atom. The van der Waals surface area contributed by atoms with Gasteiger partial charge in [0.2, 0.25) is 5.91 Å². The second-order valence-corrected chi connectivity index (χ2v) is 12.7. The predicted octanol–water partition coefficient (Wildman–Crippen LogP) is 2.79. The van der Waals surface area contributed by atoms with E-state index < -0.39 is 11.0 Å². The molecule has 3 aliphatic rings. The van der Waals surface area contributed by atoms with Gasteiger partial charge in [0.15, 0.2) is 5.82 Å². The standard InChI is InChI=1S/C31H35FN8O2/c1-30(2,3)35-28(42)20-6-8-24-18(12-20)4-5-19-13-22(32)7-9-25(19)31(24,29-36-38-39-37-29)10-11-34-17-27(41)40-23(16-33)14-21-15-26(21)40/h6-9,12-13,21,23,26,34H,4-5,10-11,14-15,17H2,1-3H3,(H,35,42)(H,36,37,38,39)/t21-,23+,26+,31?/m1/s1. The maximum atomic E-state index is 14.5. The molecule has 10 nitrogen and oxygen atoms in total. The van der Waals surface area contributed by atoms with Crippen LogP contribution in [-0.4, -0.2) is 68.1 Å². The Hall–Kier alpha value is -4.17. The van der Waals surface area contributed by atoms with E-state index in [4.69, 9.17) is 0 Å². The SMILES string of the molecule is CC(C)(C)NC(=O)c1ccc2c(c1)CCc1cc(F)ccc1C2(CCNCC(=O)N1[C@H](C#N)C[C@@H]2C[C@@H]21)c1nnn[nH]1. The lowest BCUT2D eigenvalue weighted by Crippen LogP contribution is -2.44. The molecule has 4 atom stereocenters. The van der Waals surface area contributed by atoms with Crippen LogP contribution < -0.4 is 10.6 Å². The fraction of sp³-hybridized carbons (Fsp3) is 0.484. The number of nitriles is 1. The average molecular weight is 571 g/mol. The summed E-state index contributed by atoms with van der Waals surface area (Å²) in [5, 5.41) is 31.0. The third-order valence-corrected chi connectivity index (χ3v) is 8.75. The van der Waals surface area contributed by atoms with Crippen LogP contribution in [0.4, 0.5) is 4.39 Å². The Morgan fingerprint density at radius 3 is 2.57 bits per heavy atom. The zero-order valence-corrected chi connectivity index (χ0v) is 24.1. The highest BCUT2D eigenvalue weighted by molar-refractivity contribution is 5.95. The monoisotopic (exact) mass is 570 g/mol. The van der Waals surface area contributed by atoms with Gasteiger partial charge < -0.3 is 15.5 Å². The minimum absolute atomic E-state index is 0.0693. The van der Waals surface area contributed by atoms with Gasteiger partial charge in [0.25, 0.3) is 5.91 Å². The van der Waals surface area contributed by atoms with Gasteiger partial charge in [0.1, 0.15) is 11.9 Å². The molecule has 6 rings (SSSR count). The van der Waals surface area contributed by atoms with E-state index in [0.29, 0.717) is 43.1 Å². The molecule has 2 aliphatic carbocycles. The number of rotatable bonds is 7. The first-order valence-electron chi connectivity index (χ1n) is 14.5. The molecular formula is C31H35FN8O2. The number of hydrogen-bond acceptors (Lipinski definition) is 7. The van der Waals surface area contributed by atoms with E-state index >= 15 is 0 Å². The maximum Gasteiger partial charge on any atom is 0.251 e. The number of benzene rings is 2. The lowest BCUT2D eigenvalue weighted by Gasteiger charge is -2.34. The van der Waals surface area contributed by atoms with E-state index in [-0.39, 0.29) is 36.3 Å². The van der Waals surface area contributed by atoms with E-state index in [0.717, 1.165) is 35.1 Å². The third kappa shape index (κ3) is 5.04. The molecular weight excluding hydrogens is 535 g/mol. The number of piperidine rings is 1. The van der Waals surface area contributed by atoms with Gasteiger partial charge in [0, 0.05) is 17.1 Å². The molecule has 2 fully saturated rings. The van der Waals surface area contributed by atoms with Gasteiger partial charge in [-0.1, -0.05) is 12.1 Å². The van der Waals surface area contributed by atoms with Crippen LogP contribution in [-0.2, 0) is 23.1 Å². The molecule has 1 saturated heterocycles. The van der Waals surface area contributed by atoms with Crippen molar-refractivity contribution in [2.75, 3.05) is 13.1 Å². The summed E-state index contributed by atoms with van der Waals surface area (Å²) in [5.41, 5.74) is 2.87. The van der Waals surface area contributed by atoms with Crippen molar-refractivity contribution in [1.29, 1.82) is 5.26 Å². The van der Waals surface area contributed by atoms with E-state index in [1.807, 2.05) is 39.0 Å². The number of hydrogen-bond donors (Lipinski definition) is 3. The first-order chi connectivity index (χ1) is 20.1. The van der Waals surface area contributed by atoms with Gasteiger partial charge in [-0.05, 0) is 122 Å². The number of aromatic amines is 1. The molecule has 0 radical (unpaired) electrons. The highest BCUT2D eigenvalue weighted by Gasteiger charge is 2.54. The zero-order chi connectivity index (χ0) is 29.6. The first kappa shape index (κ1) is 28.0. The number of likely N-dealkylation sites (tertiary alicyclic amines) is 1. The maximum absolute atomic E-state index is 14.5. The fourth-order valence-corrected chi connectivity index (χ4v) is 6.85. The molecule has 1 saturated carbocycles. The zero-order valence-electron chi connectivity index (χ0n) is 24.1. The van der Waals surface area contributed by atoms with Crippen molar-refractivity contribution in [3.8, 4) is 6.07 Å². The fourth-order valence-electron chi connectivity index (χ4n) is 6.85. The van der Waals surface area contributed by atoms with Crippen LogP contribution in [0.2, 0.25) is 0 Å². The summed E-state index contributed by atoms with van der Waals surface area (Å²) in [7, 11) is 0. The van der Waals surface area contributed by atoms with Crippen molar-refractivity contribution in [3.05, 3.63) is 75.9 Å². The van der Waals surface area contributed by atoms with E-state index in [2.05, 4.69) is 37.3 Å². The number of H-pyrrole nitrogens is 1. The van der Waals surface area contributed by atoms with Gasteiger partial charge in [-0.25, -0.2) is 9.49 Å². The Bertz CT molecular complexity index is 1560. The molecule has 3 aromatic rings. The molecule has 2 aromatic carbocycles. The summed E-state index contributed by atoms with van der Waals surface area (Å²) in [6.45, 7) is 6.35. The lowest BCUT2D eigenvalue weighted by molar-refractivity contribution is -0.131. The normalized spacial score (nSPS) is 24.2. The van der Waals surface area contributed by atoms with Crippen LogP contribution in [0, 0.1) is 23.1 Å². The van der Waals surface area contributed by atoms with Crippen LogP contribution in [0.5, 0.6) is 0 Å². The molecule has 0 spiro atoms. The topological polar surface area (TPSA) is 140 Å². The smallest absolute Gasteiger partial charge is 0.251 e. The summed E-state index contributed by atoms with van der Waals surface area (Å²) in [6, 6.07) is 12.6. The number of amides is 2. The van der Waals surface area contributed by atoms with E-state index in [1.54, 1.807) is 17.0 Å². The Kier molecular flexibility index (Phi) is 7.05. The predicted molar refractivity (Wildman–Crippen MR) is 152 cm³/mol. The van der Waals surface area contributed by atoms with Gasteiger partial charge in [-0.3, -0.25) is 9.59 Å². The lowest BCUT2D eigenvalue weighted by atomic mass is 9.69. The van der Waals surface area contributed by atoms with Crippen molar-refractivity contribution in [2.45, 2.75) is 75.9 Å². The van der Waals surface area contributed by atoms with Crippen molar-refractivity contribution in [2.24, 2.45) is 5.92 Å². The number of nitrogens with one attached hydrogen (secondary N) is 3. The largest absolute Gasteiger partial charge is 0.347 e. The third-order valence-electron chi connectivity index (χ3n) is 8.75. The average Bonchev–Trinajstić information content (AvgIpc) is 3.34. The summed E-state index contributed by atoms with van der Waals surface area (Å²) in [6.07, 6.45) is 3.38. The molecule has 218 valence electrons. The summed E-state index contributed by atoms with van der Waals surface area (Å²) >= 11 is 0. The number of fused-ring (bicyclic) bond motifs is 3. The van der Waals surface area contributed by atoms with Crippen molar-refractivity contribution >= 4 is 11.8 Å². The quantitative estimate of drug-likeness (QED) is 0.371. The Labute approximate surface area is 244 Å². The minimum Gasteiger partial charge on any atom is -0.347 e. The van der Waals surface area contributed by atoms with Crippen LogP contribution in [0.15, 0.2) is 36.4 Å². The van der Waals surface area contributed by atoms with Gasteiger partial charge in [-0.15, -0.1) is 5.10 Å². The van der Waals surface area contributed by atoms with Crippen molar-refractivity contribution in [3.63, 3.8) is 0 Å². The summed E-state index contributed by atoms with van der Waals surface area (Å²) < 4.78 is 14.5. The van der Waals surface area contributed by atoms with Crippen LogP contribution in [0.25, 0.3) is 0 Å². The second kappa shape index (κ2) is 10.6. The van der Waals surface area contributed by atoms with Crippen LogP contribution in [0.1, 0.15) is 78.5 Å². The molecule has 2 amide bonds. The van der Waals surface area contributed by atoms with Gasteiger partial charge in [0.05, 0.1) is 18.0 Å². The highest BCUT2D eigenvalue weighted by atomic mass is 19.1. The highest BCUT2D eigenvalue weighted by Crippen LogP contribution is 2.48. The van der Waals surface area contributed by atoms with Gasteiger partial charge >= 0.3 is 0 Å². The summed E-state index contributed by atoms with van der Waals surface area (Å²) in [4.78, 5) is 27.9. The minimum atomic E-state index is -0.891. The van der Waals surface area contributed by atoms with Crippen molar-refractivity contribution in [1.82, 2.24) is 36.2 Å². The molecule has 1 unspecified atom stereocenters. The van der Waals surface area contributed by atoms with Crippen LogP contribution >= 0.6 is 0 Å². The molecule has 1 aromatic heterocycles. The molecule has 0 bridgehead atoms. The molecule has 42 heavy (non-hydrogen) atoms. The molecule has 3 N–H and O–H groups in total. The van der Waals surface area contributed by atoms with E-state index in [1.165, 1.54) is 6.07 Å². The number of nitrogens with zero attached hydrogens (tertiary/aromatic N) is 5. The number of carbonyl (C=O) groups excluding carboxylic acids is 2. The summed E-state index contributed by atoms with van der Waals surface area (Å²) in [5.74, 6) is 0.397. The van der Waals surface area contributed by atoms with Crippen molar-refractivity contribution < 1.29 is 14.0 Å². The number of carbonyl (C=O) groups is 2. The number of aryl methyl sites for hydroxylation is 2. The molecule has 1 aliphatic heterocycles. The Balaban J connectivity index is 1.34.